The number of unbranched alkanes of at least 4 members (excludes halogenated alkanes) is 1. The van der Waals surface area contributed by atoms with Gasteiger partial charge < -0.3 is 19.9 Å². The molecule has 0 aliphatic heterocycles. The molecule has 2 N–H and O–H groups in total. The van der Waals surface area contributed by atoms with Crippen molar-refractivity contribution >= 4 is 29.9 Å². The molecule has 1 aliphatic rings. The van der Waals surface area contributed by atoms with Crippen LogP contribution in [0.2, 0.25) is 0 Å². The number of nitrogens with one attached hydrogen (secondary N) is 2. The Balaban J connectivity index is 0.00000288. The second-order valence-corrected chi connectivity index (χ2v) is 6.62. The van der Waals surface area contributed by atoms with Crippen LogP contribution in [0.25, 0.3) is 0 Å². The van der Waals surface area contributed by atoms with E-state index in [9.17, 15) is 0 Å². The normalized spacial score (nSPS) is 22.5. The summed E-state index contributed by atoms with van der Waals surface area (Å²) in [6.45, 7) is 9.77. The Morgan fingerprint density at radius 2 is 2.21 bits per heavy atom. The first-order valence-electron chi connectivity index (χ1n) is 8.35. The molecule has 8 heteroatoms. The van der Waals surface area contributed by atoms with Crippen LogP contribution in [-0.4, -0.2) is 41.9 Å². The number of aryl methyl sites for hydroxylation is 1. The minimum atomic E-state index is 0. The van der Waals surface area contributed by atoms with Crippen molar-refractivity contribution in [1.29, 1.82) is 0 Å². The van der Waals surface area contributed by atoms with E-state index in [1.165, 1.54) is 6.42 Å². The van der Waals surface area contributed by atoms with Gasteiger partial charge in [0.25, 0.3) is 0 Å². The number of nitrogens with zero attached hydrogens (tertiary/aromatic N) is 3. The van der Waals surface area contributed by atoms with Crippen LogP contribution in [0, 0.1) is 12.3 Å². The van der Waals surface area contributed by atoms with Gasteiger partial charge in [-0.05, 0) is 12.8 Å². The first kappa shape index (κ1) is 21.1. The Hall–Kier alpha value is -0.900. The van der Waals surface area contributed by atoms with E-state index in [0.29, 0.717) is 30.4 Å². The fourth-order valence-electron chi connectivity index (χ4n) is 2.72. The summed E-state index contributed by atoms with van der Waals surface area (Å²) in [6.07, 6.45) is 3.60. The fraction of sp³-hybridized carbons (Fsp3) is 0.812. The Bertz CT molecular complexity index is 532. The maximum atomic E-state index is 5.98. The first-order chi connectivity index (χ1) is 11.0. The van der Waals surface area contributed by atoms with Crippen LogP contribution in [0.5, 0.6) is 0 Å². The second kappa shape index (κ2) is 9.55. The van der Waals surface area contributed by atoms with Crippen LogP contribution in [-0.2, 0) is 11.3 Å². The van der Waals surface area contributed by atoms with E-state index in [0.717, 1.165) is 25.4 Å². The third kappa shape index (κ3) is 5.30. The topological polar surface area (TPSA) is 84.6 Å². The van der Waals surface area contributed by atoms with E-state index >= 15 is 0 Å². The second-order valence-electron chi connectivity index (χ2n) is 6.62. The molecule has 0 bridgehead atoms. The van der Waals surface area contributed by atoms with Crippen LogP contribution < -0.4 is 10.6 Å². The van der Waals surface area contributed by atoms with Crippen molar-refractivity contribution in [2.75, 3.05) is 13.7 Å². The van der Waals surface area contributed by atoms with E-state index < -0.39 is 0 Å². The maximum absolute atomic E-state index is 5.98. The zero-order valence-corrected chi connectivity index (χ0v) is 17.6. The van der Waals surface area contributed by atoms with Crippen LogP contribution in [0.3, 0.4) is 0 Å². The Morgan fingerprint density at radius 1 is 1.46 bits per heavy atom. The molecule has 0 amide bonds. The lowest BCUT2D eigenvalue weighted by Crippen LogP contribution is -2.63. The average molecular weight is 451 g/mol. The van der Waals surface area contributed by atoms with Gasteiger partial charge in [-0.25, -0.2) is 0 Å². The zero-order chi connectivity index (χ0) is 16.9. The number of guanidine groups is 1. The number of rotatable bonds is 7. The van der Waals surface area contributed by atoms with Gasteiger partial charge in [-0.1, -0.05) is 32.3 Å². The molecule has 1 aromatic heterocycles. The predicted molar refractivity (Wildman–Crippen MR) is 105 cm³/mol. The molecule has 1 aromatic rings. The minimum absolute atomic E-state index is 0. The largest absolute Gasteiger partial charge is 0.378 e. The molecular formula is C16H30IN5O2. The third-order valence-electron chi connectivity index (χ3n) is 4.51. The van der Waals surface area contributed by atoms with Gasteiger partial charge in [-0.3, -0.25) is 4.99 Å². The lowest BCUT2D eigenvalue weighted by molar-refractivity contribution is -0.113. The molecule has 0 saturated heterocycles. The summed E-state index contributed by atoms with van der Waals surface area (Å²) in [5.41, 5.74) is 0.0914. The minimum Gasteiger partial charge on any atom is -0.378 e. The number of halogens is 1. The van der Waals surface area contributed by atoms with Crippen molar-refractivity contribution < 1.29 is 9.26 Å². The maximum Gasteiger partial charge on any atom is 0.223 e. The summed E-state index contributed by atoms with van der Waals surface area (Å²) in [6, 6.07) is 0.340. The van der Waals surface area contributed by atoms with E-state index in [2.05, 4.69) is 46.5 Å². The van der Waals surface area contributed by atoms with E-state index in [4.69, 9.17) is 9.26 Å². The van der Waals surface area contributed by atoms with E-state index in [1.54, 1.807) is 14.0 Å². The lowest BCUT2D eigenvalue weighted by atomic mass is 9.64. The summed E-state index contributed by atoms with van der Waals surface area (Å²) < 4.78 is 10.9. The summed E-state index contributed by atoms with van der Waals surface area (Å²) in [4.78, 5) is 8.43. The summed E-state index contributed by atoms with van der Waals surface area (Å²) in [7, 11) is 1.76. The molecule has 0 radical (unpaired) electrons. The first-order valence-corrected chi connectivity index (χ1v) is 8.35. The molecule has 1 heterocycles. The van der Waals surface area contributed by atoms with E-state index in [1.807, 2.05) is 0 Å². The zero-order valence-electron chi connectivity index (χ0n) is 15.3. The molecule has 1 aliphatic carbocycles. The van der Waals surface area contributed by atoms with Crippen molar-refractivity contribution in [3.8, 4) is 0 Å². The highest BCUT2D eigenvalue weighted by Crippen LogP contribution is 2.42. The summed E-state index contributed by atoms with van der Waals surface area (Å²) in [5, 5.41) is 10.5. The highest BCUT2D eigenvalue weighted by atomic mass is 127. The molecule has 0 spiro atoms. The van der Waals surface area contributed by atoms with Crippen molar-refractivity contribution in [1.82, 2.24) is 20.8 Å². The number of ether oxygens (including phenoxy) is 1. The number of aliphatic imine (C=N–C) groups is 1. The lowest BCUT2D eigenvalue weighted by Gasteiger charge is -2.52. The molecular weight excluding hydrogens is 421 g/mol. The van der Waals surface area contributed by atoms with Gasteiger partial charge in [0, 0.05) is 32.0 Å². The van der Waals surface area contributed by atoms with E-state index in [-0.39, 0.29) is 29.4 Å². The van der Waals surface area contributed by atoms with Crippen LogP contribution in [0.4, 0.5) is 0 Å². The van der Waals surface area contributed by atoms with Crippen LogP contribution in [0.15, 0.2) is 9.52 Å². The van der Waals surface area contributed by atoms with Crippen LogP contribution in [0.1, 0.15) is 51.7 Å². The molecule has 0 aromatic carbocycles. The Labute approximate surface area is 161 Å². The summed E-state index contributed by atoms with van der Waals surface area (Å²) >= 11 is 0. The molecule has 2 atom stereocenters. The quantitative estimate of drug-likeness (QED) is 0.287. The van der Waals surface area contributed by atoms with Gasteiger partial charge in [-0.15, -0.1) is 24.0 Å². The SMILES string of the molecule is CCCCOC1CC(NC(=NC)NCc2noc(C)n2)C1(C)C.I. The van der Waals surface area contributed by atoms with Gasteiger partial charge in [-0.2, -0.15) is 4.98 Å². The molecule has 2 rings (SSSR count). The third-order valence-corrected chi connectivity index (χ3v) is 4.51. The molecule has 24 heavy (non-hydrogen) atoms. The van der Waals surface area contributed by atoms with Gasteiger partial charge in [0.2, 0.25) is 5.89 Å². The Kier molecular flexibility index (Phi) is 8.41. The highest BCUT2D eigenvalue weighted by molar-refractivity contribution is 14.0. The van der Waals surface area contributed by atoms with Gasteiger partial charge in [0.05, 0.1) is 12.6 Å². The Morgan fingerprint density at radius 3 is 2.75 bits per heavy atom. The monoisotopic (exact) mass is 451 g/mol. The van der Waals surface area contributed by atoms with Crippen LogP contribution >= 0.6 is 24.0 Å². The fourth-order valence-corrected chi connectivity index (χ4v) is 2.72. The standard InChI is InChI=1S/C16H29N5O2.HI/c1-6-7-8-22-13-9-12(16(13,3)4)20-15(17-5)18-10-14-19-11(2)23-21-14;/h12-13H,6-10H2,1-5H3,(H2,17,18,20);1H. The van der Waals surface area contributed by atoms with Crippen molar-refractivity contribution in [2.45, 2.75) is 65.6 Å². The predicted octanol–water partition coefficient (Wildman–Crippen LogP) is 2.64. The van der Waals surface area contributed by atoms with Gasteiger partial charge >= 0.3 is 0 Å². The van der Waals surface area contributed by atoms with Gasteiger partial charge in [0.1, 0.15) is 0 Å². The van der Waals surface area contributed by atoms with Crippen molar-refractivity contribution in [3.63, 3.8) is 0 Å². The number of hydrogen-bond donors (Lipinski definition) is 2. The molecule has 1 saturated carbocycles. The molecule has 1 fully saturated rings. The number of aromatic nitrogens is 2. The van der Waals surface area contributed by atoms with Gasteiger partial charge in [0.15, 0.2) is 11.8 Å². The van der Waals surface area contributed by atoms with Crippen molar-refractivity contribution in [3.05, 3.63) is 11.7 Å². The summed E-state index contributed by atoms with van der Waals surface area (Å²) in [5.74, 6) is 1.94. The van der Waals surface area contributed by atoms with Crippen molar-refractivity contribution in [2.24, 2.45) is 10.4 Å². The highest BCUT2D eigenvalue weighted by Gasteiger charge is 2.49. The molecule has 7 nitrogen and oxygen atoms in total. The number of hydrogen-bond acceptors (Lipinski definition) is 5. The molecule has 2 unspecified atom stereocenters. The smallest absolute Gasteiger partial charge is 0.223 e. The molecule has 138 valence electrons. The average Bonchev–Trinajstić information content (AvgIpc) is 2.94.